The first kappa shape index (κ1) is 13.3. The summed E-state index contributed by atoms with van der Waals surface area (Å²) in [4.78, 5) is 16.1. The molecule has 4 nitrogen and oxygen atoms in total. The minimum absolute atomic E-state index is 0.0183. The molecule has 0 aromatic carbocycles. The van der Waals surface area contributed by atoms with Gasteiger partial charge in [0.15, 0.2) is 0 Å². The Hall–Kier alpha value is -1.13. The first-order valence-electron chi connectivity index (χ1n) is 6.25. The fourth-order valence-electron chi connectivity index (χ4n) is 2.34. The van der Waals surface area contributed by atoms with E-state index in [0.717, 1.165) is 31.2 Å². The molecule has 2 rings (SSSR count). The molecule has 3 N–H and O–H groups in total. The van der Waals surface area contributed by atoms with Crippen LogP contribution in [0.15, 0.2) is 12.3 Å². The Balaban J connectivity index is 2.00. The van der Waals surface area contributed by atoms with Crippen LogP contribution >= 0.6 is 11.6 Å². The van der Waals surface area contributed by atoms with Crippen molar-refractivity contribution in [1.82, 2.24) is 4.98 Å². The number of hydrogen-bond donors (Lipinski definition) is 2. The third-order valence-corrected chi connectivity index (χ3v) is 3.76. The van der Waals surface area contributed by atoms with Gasteiger partial charge in [-0.15, -0.1) is 0 Å². The molecule has 1 aromatic rings. The monoisotopic (exact) mass is 267 g/mol. The quantitative estimate of drug-likeness (QED) is 0.809. The van der Waals surface area contributed by atoms with Crippen LogP contribution in [-0.4, -0.2) is 16.9 Å². The summed E-state index contributed by atoms with van der Waals surface area (Å²) in [5.74, 6) is 0.0541. The van der Waals surface area contributed by atoms with Crippen LogP contribution in [0.2, 0.25) is 5.15 Å². The highest BCUT2D eigenvalue weighted by atomic mass is 35.5. The van der Waals surface area contributed by atoms with Crippen molar-refractivity contribution in [3.63, 3.8) is 0 Å². The van der Waals surface area contributed by atoms with Crippen LogP contribution in [0, 0.1) is 12.8 Å². The van der Waals surface area contributed by atoms with Gasteiger partial charge in [-0.2, -0.15) is 0 Å². The van der Waals surface area contributed by atoms with Crippen molar-refractivity contribution in [2.75, 3.05) is 5.32 Å². The van der Waals surface area contributed by atoms with E-state index in [0.29, 0.717) is 10.8 Å². The Morgan fingerprint density at radius 1 is 1.56 bits per heavy atom. The van der Waals surface area contributed by atoms with Crippen LogP contribution in [0.5, 0.6) is 0 Å². The van der Waals surface area contributed by atoms with Crippen molar-refractivity contribution in [3.8, 4) is 0 Å². The average Bonchev–Trinajstić information content (AvgIpc) is 2.34. The number of rotatable bonds is 2. The summed E-state index contributed by atoms with van der Waals surface area (Å²) < 4.78 is 0. The van der Waals surface area contributed by atoms with Crippen LogP contribution in [0.4, 0.5) is 5.69 Å². The van der Waals surface area contributed by atoms with Crippen molar-refractivity contribution in [2.45, 2.75) is 38.6 Å². The second-order valence-corrected chi connectivity index (χ2v) is 5.30. The fourth-order valence-corrected chi connectivity index (χ4v) is 2.44. The summed E-state index contributed by atoms with van der Waals surface area (Å²) in [6.45, 7) is 1.86. The molecule has 0 radical (unpaired) electrons. The number of nitrogens with two attached hydrogens (primary N) is 1. The number of amides is 1. The van der Waals surface area contributed by atoms with Crippen LogP contribution in [-0.2, 0) is 4.79 Å². The van der Waals surface area contributed by atoms with E-state index < -0.39 is 0 Å². The molecule has 0 saturated heterocycles. The summed E-state index contributed by atoms with van der Waals surface area (Å²) in [5, 5.41) is 3.35. The van der Waals surface area contributed by atoms with E-state index in [9.17, 15) is 4.79 Å². The zero-order chi connectivity index (χ0) is 13.1. The Morgan fingerprint density at radius 3 is 3.00 bits per heavy atom. The van der Waals surface area contributed by atoms with Gasteiger partial charge in [-0.3, -0.25) is 4.79 Å². The molecule has 2 atom stereocenters. The van der Waals surface area contributed by atoms with Gasteiger partial charge in [0.2, 0.25) is 5.91 Å². The number of anilines is 1. The summed E-state index contributed by atoms with van der Waals surface area (Å²) >= 11 is 5.84. The molecule has 0 bridgehead atoms. The number of aromatic nitrogens is 1. The van der Waals surface area contributed by atoms with E-state index in [1.165, 1.54) is 0 Å². The van der Waals surface area contributed by atoms with E-state index in [-0.39, 0.29) is 17.9 Å². The van der Waals surface area contributed by atoms with Gasteiger partial charge < -0.3 is 11.1 Å². The number of nitrogens with one attached hydrogen (secondary N) is 1. The van der Waals surface area contributed by atoms with E-state index in [1.54, 1.807) is 6.20 Å². The summed E-state index contributed by atoms with van der Waals surface area (Å²) in [7, 11) is 0. The largest absolute Gasteiger partial charge is 0.328 e. The van der Waals surface area contributed by atoms with Crippen molar-refractivity contribution >= 4 is 23.2 Å². The highest BCUT2D eigenvalue weighted by Crippen LogP contribution is 2.25. The maximum absolute atomic E-state index is 12.1. The van der Waals surface area contributed by atoms with Gasteiger partial charge in [0, 0.05) is 12.0 Å². The smallest absolute Gasteiger partial charge is 0.227 e. The maximum atomic E-state index is 12.1. The molecule has 1 aliphatic carbocycles. The standard InChI is InChI=1S/C13H18ClN3O/c1-8-5-11(7-16-12(8)14)17-13(18)9-3-2-4-10(15)6-9/h5,7,9-10H,2-4,6,15H2,1H3,(H,17,18). The molecule has 5 heteroatoms. The Kier molecular flexibility index (Phi) is 4.19. The summed E-state index contributed by atoms with van der Waals surface area (Å²) in [6.07, 6.45) is 5.31. The van der Waals surface area contributed by atoms with Gasteiger partial charge in [0.05, 0.1) is 11.9 Å². The molecule has 1 fully saturated rings. The van der Waals surface area contributed by atoms with Crippen LogP contribution in [0.1, 0.15) is 31.2 Å². The lowest BCUT2D eigenvalue weighted by Crippen LogP contribution is -2.34. The van der Waals surface area contributed by atoms with Gasteiger partial charge in [-0.25, -0.2) is 4.98 Å². The van der Waals surface area contributed by atoms with Gasteiger partial charge in [-0.1, -0.05) is 18.0 Å². The summed E-state index contributed by atoms with van der Waals surface area (Å²) in [5.41, 5.74) is 7.44. The Bertz CT molecular complexity index is 450. The maximum Gasteiger partial charge on any atom is 0.227 e. The van der Waals surface area contributed by atoms with Crippen LogP contribution in [0.25, 0.3) is 0 Å². The molecular formula is C13H18ClN3O. The highest BCUT2D eigenvalue weighted by Gasteiger charge is 2.25. The first-order valence-corrected chi connectivity index (χ1v) is 6.62. The van der Waals surface area contributed by atoms with Crippen molar-refractivity contribution in [1.29, 1.82) is 0 Å². The molecule has 1 aromatic heterocycles. The molecular weight excluding hydrogens is 250 g/mol. The molecule has 0 spiro atoms. The van der Waals surface area contributed by atoms with Gasteiger partial charge in [0.1, 0.15) is 5.15 Å². The topological polar surface area (TPSA) is 68.0 Å². The molecule has 18 heavy (non-hydrogen) atoms. The highest BCUT2D eigenvalue weighted by molar-refractivity contribution is 6.30. The third-order valence-electron chi connectivity index (χ3n) is 3.37. The van der Waals surface area contributed by atoms with Gasteiger partial charge >= 0.3 is 0 Å². The number of hydrogen-bond acceptors (Lipinski definition) is 3. The van der Waals surface area contributed by atoms with E-state index in [4.69, 9.17) is 17.3 Å². The molecule has 98 valence electrons. The predicted octanol–water partition coefficient (Wildman–Crippen LogP) is 2.50. The molecule has 1 heterocycles. The number of carbonyl (C=O) groups is 1. The fraction of sp³-hybridized carbons (Fsp3) is 0.538. The van der Waals surface area contributed by atoms with Crippen molar-refractivity contribution in [3.05, 3.63) is 23.0 Å². The molecule has 2 unspecified atom stereocenters. The third kappa shape index (κ3) is 3.21. The van der Waals surface area contributed by atoms with Gasteiger partial charge in [-0.05, 0) is 37.8 Å². The minimum atomic E-state index is 0.0183. The van der Waals surface area contributed by atoms with Gasteiger partial charge in [0.25, 0.3) is 0 Å². The zero-order valence-electron chi connectivity index (χ0n) is 10.4. The minimum Gasteiger partial charge on any atom is -0.328 e. The average molecular weight is 268 g/mol. The lowest BCUT2D eigenvalue weighted by molar-refractivity contribution is -0.120. The van der Waals surface area contributed by atoms with E-state index >= 15 is 0 Å². The molecule has 1 saturated carbocycles. The lowest BCUT2D eigenvalue weighted by atomic mass is 9.85. The number of aryl methyl sites for hydroxylation is 1. The second kappa shape index (κ2) is 5.67. The first-order chi connectivity index (χ1) is 8.56. The van der Waals surface area contributed by atoms with Crippen molar-refractivity contribution in [2.24, 2.45) is 11.7 Å². The number of pyridine rings is 1. The number of nitrogens with zero attached hydrogens (tertiary/aromatic N) is 1. The second-order valence-electron chi connectivity index (χ2n) is 4.94. The molecule has 0 aliphatic heterocycles. The molecule has 1 aliphatic rings. The lowest BCUT2D eigenvalue weighted by Gasteiger charge is -2.25. The van der Waals surface area contributed by atoms with Crippen LogP contribution < -0.4 is 11.1 Å². The molecule has 1 amide bonds. The predicted molar refractivity (Wildman–Crippen MR) is 72.5 cm³/mol. The number of carbonyl (C=O) groups excluding carboxylic acids is 1. The SMILES string of the molecule is Cc1cc(NC(=O)C2CCCC(N)C2)cnc1Cl. The van der Waals surface area contributed by atoms with Crippen molar-refractivity contribution < 1.29 is 4.79 Å². The van der Waals surface area contributed by atoms with Crippen LogP contribution in [0.3, 0.4) is 0 Å². The zero-order valence-corrected chi connectivity index (χ0v) is 11.2. The van der Waals surface area contributed by atoms with E-state index in [2.05, 4.69) is 10.3 Å². The normalized spacial score (nSPS) is 23.7. The van der Waals surface area contributed by atoms with E-state index in [1.807, 2.05) is 13.0 Å². The Labute approximate surface area is 112 Å². The number of halogens is 1. The summed E-state index contributed by atoms with van der Waals surface area (Å²) in [6, 6.07) is 1.98. The Morgan fingerprint density at radius 2 is 2.33 bits per heavy atom.